The average molecular weight is 322 g/mol. The largest absolute Gasteiger partial charge is 0.744 e. The van der Waals surface area contributed by atoms with Gasteiger partial charge in [0.25, 0.3) is 0 Å². The van der Waals surface area contributed by atoms with Crippen LogP contribution in [0.3, 0.4) is 0 Å². The van der Waals surface area contributed by atoms with Crippen LogP contribution in [0, 0.1) is 0 Å². The Bertz CT molecular complexity index is 759. The second-order valence-corrected chi connectivity index (χ2v) is 6.34. The van der Waals surface area contributed by atoms with Crippen LogP contribution in [0.25, 0.3) is 10.8 Å². The van der Waals surface area contributed by atoms with Crippen LogP contribution in [0.2, 0.25) is 0 Å². The fraction of sp³-hybridized carbons (Fsp3) is 0. The van der Waals surface area contributed by atoms with Gasteiger partial charge in [-0.1, -0.05) is 12.1 Å². The standard InChI is InChI=1S/C10H8O6S2.2H3N/c11-17(12,13)9-3-1-7-5-10(18(14,15)16)4-2-8(7)6-9;;/h1-6H,(H,11,12,13)(H,14,15,16);2*1H3. The first-order valence-electron chi connectivity index (χ1n) is 4.63. The SMILES string of the molecule is O=S(=O)([O-])c1ccc2cc(S(=O)(=O)[O-])ccc2c1.[NH4+].[NH4+]. The third kappa shape index (κ3) is 3.72. The molecule has 8 N–H and O–H groups in total. The van der Waals surface area contributed by atoms with E-state index >= 15 is 0 Å². The van der Waals surface area contributed by atoms with Crippen LogP contribution in [0.4, 0.5) is 0 Å². The molecule has 112 valence electrons. The molecular weight excluding hydrogens is 308 g/mol. The van der Waals surface area contributed by atoms with Gasteiger partial charge in [0.05, 0.1) is 9.79 Å². The molecule has 0 saturated heterocycles. The van der Waals surface area contributed by atoms with E-state index in [-0.39, 0.29) is 12.3 Å². The number of rotatable bonds is 2. The van der Waals surface area contributed by atoms with Gasteiger partial charge in [-0.15, -0.1) is 0 Å². The average Bonchev–Trinajstić information content (AvgIpc) is 2.25. The molecule has 0 aliphatic rings. The minimum atomic E-state index is -4.56. The zero-order chi connectivity index (χ0) is 13.6. The molecule has 10 heteroatoms. The number of hydrogen-bond donors (Lipinski definition) is 2. The second kappa shape index (κ2) is 5.83. The molecule has 0 amide bonds. The van der Waals surface area contributed by atoms with Crippen molar-refractivity contribution in [2.45, 2.75) is 9.79 Å². The molecule has 0 saturated carbocycles. The first kappa shape index (κ1) is 18.4. The van der Waals surface area contributed by atoms with Crippen LogP contribution in [-0.4, -0.2) is 25.9 Å². The maximum absolute atomic E-state index is 10.8. The third-order valence-corrected chi connectivity index (χ3v) is 4.02. The van der Waals surface area contributed by atoms with Gasteiger partial charge < -0.3 is 21.4 Å². The minimum absolute atomic E-state index is 0. The van der Waals surface area contributed by atoms with Crippen LogP contribution in [0.15, 0.2) is 46.2 Å². The molecule has 0 unspecified atom stereocenters. The molecule has 20 heavy (non-hydrogen) atoms. The van der Waals surface area contributed by atoms with E-state index in [1.165, 1.54) is 12.1 Å². The normalized spacial score (nSPS) is 11.5. The predicted octanol–water partition coefficient (Wildman–Crippen LogP) is 1.40. The monoisotopic (exact) mass is 322 g/mol. The molecule has 0 spiro atoms. The van der Waals surface area contributed by atoms with Gasteiger partial charge in [-0.2, -0.15) is 0 Å². The molecule has 2 rings (SSSR count). The Morgan fingerprint density at radius 3 is 1.20 bits per heavy atom. The fourth-order valence-electron chi connectivity index (χ4n) is 1.51. The first-order valence-corrected chi connectivity index (χ1v) is 7.45. The number of fused-ring (bicyclic) bond motifs is 1. The van der Waals surface area contributed by atoms with Gasteiger partial charge in [-0.25, -0.2) is 16.8 Å². The van der Waals surface area contributed by atoms with Crippen molar-refractivity contribution in [3.63, 3.8) is 0 Å². The van der Waals surface area contributed by atoms with E-state index in [0.29, 0.717) is 10.8 Å². The number of quaternary nitrogens is 2. The summed E-state index contributed by atoms with van der Waals surface area (Å²) in [6.07, 6.45) is 0. The van der Waals surface area contributed by atoms with Crippen molar-refractivity contribution < 1.29 is 25.9 Å². The van der Waals surface area contributed by atoms with Crippen molar-refractivity contribution in [3.8, 4) is 0 Å². The molecular formula is C10H14N2O6S2. The minimum Gasteiger partial charge on any atom is -0.744 e. The molecule has 2 aromatic rings. The maximum atomic E-state index is 10.8. The Hall–Kier alpha value is -1.56. The summed E-state index contributed by atoms with van der Waals surface area (Å²) in [4.78, 5) is -0.819. The van der Waals surface area contributed by atoms with E-state index in [9.17, 15) is 25.9 Å². The fourth-order valence-corrected chi connectivity index (χ4v) is 2.52. The lowest BCUT2D eigenvalue weighted by atomic mass is 10.1. The van der Waals surface area contributed by atoms with E-state index < -0.39 is 30.0 Å². The lowest BCUT2D eigenvalue weighted by molar-refractivity contribution is 0.460. The summed E-state index contributed by atoms with van der Waals surface area (Å²) in [5.74, 6) is 0. The molecule has 0 atom stereocenters. The van der Waals surface area contributed by atoms with Crippen molar-refractivity contribution in [1.82, 2.24) is 12.3 Å². The predicted molar refractivity (Wildman–Crippen MR) is 71.8 cm³/mol. The summed E-state index contributed by atoms with van der Waals surface area (Å²) in [5.41, 5.74) is 0. The van der Waals surface area contributed by atoms with E-state index in [2.05, 4.69) is 0 Å². The van der Waals surface area contributed by atoms with Gasteiger partial charge >= 0.3 is 0 Å². The molecule has 2 aromatic carbocycles. The second-order valence-electron chi connectivity index (χ2n) is 3.58. The molecule has 0 bridgehead atoms. The van der Waals surface area contributed by atoms with Crippen LogP contribution >= 0.6 is 0 Å². The van der Waals surface area contributed by atoms with Gasteiger partial charge in [0.15, 0.2) is 0 Å². The Kier molecular flexibility index (Phi) is 5.37. The molecule has 0 radical (unpaired) electrons. The summed E-state index contributed by atoms with van der Waals surface area (Å²) in [7, 11) is -9.13. The summed E-state index contributed by atoms with van der Waals surface area (Å²) in [6, 6.07) is 6.92. The van der Waals surface area contributed by atoms with E-state index in [1.54, 1.807) is 0 Å². The number of benzene rings is 2. The van der Waals surface area contributed by atoms with E-state index in [0.717, 1.165) is 24.3 Å². The Morgan fingerprint density at radius 2 is 0.950 bits per heavy atom. The molecule has 0 aliphatic heterocycles. The topological polar surface area (TPSA) is 187 Å². The Balaban J connectivity index is 0.00000180. The highest BCUT2D eigenvalue weighted by Crippen LogP contribution is 2.22. The van der Waals surface area contributed by atoms with Gasteiger partial charge in [0, 0.05) is 0 Å². The summed E-state index contributed by atoms with van der Waals surface area (Å²) >= 11 is 0. The highest BCUT2D eigenvalue weighted by Gasteiger charge is 2.05. The Labute approximate surface area is 116 Å². The maximum Gasteiger partial charge on any atom is 0.124 e. The lowest BCUT2D eigenvalue weighted by Gasteiger charge is -2.10. The quantitative estimate of drug-likeness (QED) is 0.785. The molecule has 0 fully saturated rings. The van der Waals surface area contributed by atoms with E-state index in [1.807, 2.05) is 0 Å². The van der Waals surface area contributed by atoms with Gasteiger partial charge in [-0.3, -0.25) is 0 Å². The van der Waals surface area contributed by atoms with Crippen molar-refractivity contribution in [2.75, 3.05) is 0 Å². The zero-order valence-electron chi connectivity index (χ0n) is 10.7. The van der Waals surface area contributed by atoms with Crippen LogP contribution in [0.5, 0.6) is 0 Å². The Morgan fingerprint density at radius 1 is 0.650 bits per heavy atom. The zero-order valence-corrected chi connectivity index (χ0v) is 12.4. The lowest BCUT2D eigenvalue weighted by Crippen LogP contribution is -1.99. The van der Waals surface area contributed by atoms with Gasteiger partial charge in [0.2, 0.25) is 0 Å². The third-order valence-electron chi connectivity index (χ3n) is 2.36. The number of hydrogen-bond acceptors (Lipinski definition) is 6. The molecule has 0 aliphatic carbocycles. The van der Waals surface area contributed by atoms with E-state index in [4.69, 9.17) is 0 Å². The highest BCUT2D eigenvalue weighted by atomic mass is 32.2. The van der Waals surface area contributed by atoms with Gasteiger partial charge in [0.1, 0.15) is 20.2 Å². The summed E-state index contributed by atoms with van der Waals surface area (Å²) < 4.78 is 64.8. The first-order chi connectivity index (χ1) is 8.18. The van der Waals surface area contributed by atoms with Crippen molar-refractivity contribution in [2.24, 2.45) is 0 Å². The highest BCUT2D eigenvalue weighted by molar-refractivity contribution is 7.86. The van der Waals surface area contributed by atoms with Crippen LogP contribution < -0.4 is 12.3 Å². The van der Waals surface area contributed by atoms with Crippen molar-refractivity contribution in [1.29, 1.82) is 0 Å². The van der Waals surface area contributed by atoms with Gasteiger partial charge in [-0.05, 0) is 35.0 Å². The van der Waals surface area contributed by atoms with Crippen LogP contribution in [-0.2, 0) is 20.2 Å². The smallest absolute Gasteiger partial charge is 0.124 e. The summed E-state index contributed by atoms with van der Waals surface area (Å²) in [5, 5.41) is 0.721. The molecule has 0 heterocycles. The molecule has 8 nitrogen and oxygen atoms in total. The van der Waals surface area contributed by atoms with Crippen molar-refractivity contribution in [3.05, 3.63) is 36.4 Å². The summed E-state index contributed by atoms with van der Waals surface area (Å²) in [6.45, 7) is 0. The van der Waals surface area contributed by atoms with Crippen LogP contribution in [0.1, 0.15) is 0 Å². The van der Waals surface area contributed by atoms with Crippen molar-refractivity contribution >= 4 is 31.0 Å². The molecule has 0 aromatic heterocycles.